The molecule has 104 valence electrons. The van der Waals surface area contributed by atoms with Gasteiger partial charge in [-0.25, -0.2) is 0 Å². The average molecular weight is 252 g/mol. The molecule has 0 aliphatic heterocycles. The van der Waals surface area contributed by atoms with Gasteiger partial charge in [0, 0.05) is 6.42 Å². The summed E-state index contributed by atoms with van der Waals surface area (Å²) < 4.78 is 0. The first-order valence-electron chi connectivity index (χ1n) is 7.29. The van der Waals surface area contributed by atoms with Gasteiger partial charge in [0.15, 0.2) is 0 Å². The van der Waals surface area contributed by atoms with Crippen molar-refractivity contribution in [3.05, 3.63) is 24.3 Å². The zero-order chi connectivity index (χ0) is 13.5. The molecule has 0 aromatic rings. The third-order valence-corrected chi connectivity index (χ3v) is 2.82. The Hall–Kier alpha value is -1.05. The summed E-state index contributed by atoms with van der Waals surface area (Å²) in [4.78, 5) is 10.3. The standard InChI is InChI=1S/C16H28O2/c1-2-3-4-5-6-7-8-9-10-11-12-13-14-15-16(17)18/h6-7,10-11H,2-5,8-9,12-15H2,1H3,(H,17,18). The van der Waals surface area contributed by atoms with Crippen LogP contribution < -0.4 is 0 Å². The molecule has 2 nitrogen and oxygen atoms in total. The summed E-state index contributed by atoms with van der Waals surface area (Å²) in [6.07, 6.45) is 19.4. The average Bonchev–Trinajstić information content (AvgIpc) is 2.34. The fourth-order valence-corrected chi connectivity index (χ4v) is 1.71. The van der Waals surface area contributed by atoms with E-state index < -0.39 is 5.97 Å². The molecule has 0 unspecified atom stereocenters. The van der Waals surface area contributed by atoms with Gasteiger partial charge < -0.3 is 5.11 Å². The van der Waals surface area contributed by atoms with Gasteiger partial charge in [-0.05, 0) is 44.9 Å². The number of carbonyl (C=O) groups is 1. The number of hydrogen-bond donors (Lipinski definition) is 1. The lowest BCUT2D eigenvalue weighted by atomic mass is 10.1. The summed E-state index contributed by atoms with van der Waals surface area (Å²) in [6, 6.07) is 0. The van der Waals surface area contributed by atoms with Crippen molar-refractivity contribution < 1.29 is 9.90 Å². The molecule has 0 rings (SSSR count). The molecule has 0 saturated carbocycles. The molecular formula is C16H28O2. The van der Waals surface area contributed by atoms with Crippen LogP contribution in [0, 0.1) is 0 Å². The van der Waals surface area contributed by atoms with Crippen LogP contribution in [-0.2, 0) is 4.79 Å². The lowest BCUT2D eigenvalue weighted by Crippen LogP contribution is -1.92. The van der Waals surface area contributed by atoms with Gasteiger partial charge in [-0.15, -0.1) is 0 Å². The first-order valence-corrected chi connectivity index (χ1v) is 7.29. The Morgan fingerprint density at radius 2 is 1.33 bits per heavy atom. The maximum Gasteiger partial charge on any atom is 0.303 e. The highest BCUT2D eigenvalue weighted by molar-refractivity contribution is 5.66. The highest BCUT2D eigenvalue weighted by Crippen LogP contribution is 2.03. The molecule has 0 bridgehead atoms. The third kappa shape index (κ3) is 14.9. The molecule has 0 aliphatic rings. The second-order valence-corrected chi connectivity index (χ2v) is 4.66. The highest BCUT2D eigenvalue weighted by Gasteiger charge is 1.93. The van der Waals surface area contributed by atoms with Crippen molar-refractivity contribution in [1.82, 2.24) is 0 Å². The van der Waals surface area contributed by atoms with Crippen molar-refractivity contribution in [1.29, 1.82) is 0 Å². The molecular weight excluding hydrogens is 224 g/mol. The summed E-state index contributed by atoms with van der Waals surface area (Å²) in [6.45, 7) is 2.23. The first kappa shape index (κ1) is 16.9. The van der Waals surface area contributed by atoms with Crippen molar-refractivity contribution >= 4 is 5.97 Å². The van der Waals surface area contributed by atoms with Crippen LogP contribution in [0.5, 0.6) is 0 Å². The van der Waals surface area contributed by atoms with Gasteiger partial charge >= 0.3 is 5.97 Å². The minimum absolute atomic E-state index is 0.300. The largest absolute Gasteiger partial charge is 0.481 e. The predicted molar refractivity (Wildman–Crippen MR) is 77.8 cm³/mol. The topological polar surface area (TPSA) is 37.3 Å². The van der Waals surface area contributed by atoms with Crippen LogP contribution >= 0.6 is 0 Å². The smallest absolute Gasteiger partial charge is 0.303 e. The van der Waals surface area contributed by atoms with E-state index in [1.54, 1.807) is 0 Å². The summed E-state index contributed by atoms with van der Waals surface area (Å²) in [5.41, 5.74) is 0. The Bertz CT molecular complexity index is 241. The van der Waals surface area contributed by atoms with Crippen LogP contribution in [-0.4, -0.2) is 11.1 Å². The number of allylic oxidation sites excluding steroid dienone is 4. The van der Waals surface area contributed by atoms with E-state index in [0.717, 1.165) is 32.1 Å². The van der Waals surface area contributed by atoms with Gasteiger partial charge in [-0.2, -0.15) is 0 Å². The van der Waals surface area contributed by atoms with Crippen molar-refractivity contribution in [3.8, 4) is 0 Å². The molecule has 0 aromatic heterocycles. The van der Waals surface area contributed by atoms with Crippen molar-refractivity contribution in [2.24, 2.45) is 0 Å². The minimum atomic E-state index is -0.688. The fraction of sp³-hybridized carbons (Fsp3) is 0.688. The molecule has 0 spiro atoms. The van der Waals surface area contributed by atoms with Crippen LogP contribution in [0.4, 0.5) is 0 Å². The fourth-order valence-electron chi connectivity index (χ4n) is 1.71. The van der Waals surface area contributed by atoms with E-state index in [0.29, 0.717) is 6.42 Å². The van der Waals surface area contributed by atoms with Gasteiger partial charge in [-0.1, -0.05) is 44.1 Å². The second kappa shape index (κ2) is 14.0. The number of rotatable bonds is 12. The van der Waals surface area contributed by atoms with Crippen molar-refractivity contribution in [2.45, 2.75) is 71.1 Å². The Morgan fingerprint density at radius 1 is 0.833 bits per heavy atom. The molecule has 2 heteroatoms. The maximum atomic E-state index is 10.3. The van der Waals surface area contributed by atoms with Crippen LogP contribution in [0.15, 0.2) is 24.3 Å². The summed E-state index contributed by atoms with van der Waals surface area (Å²) in [5, 5.41) is 8.47. The monoisotopic (exact) mass is 252 g/mol. The SMILES string of the molecule is CCCCCC=CCCC=CCCCCC(=O)O. The quantitative estimate of drug-likeness (QED) is 0.387. The van der Waals surface area contributed by atoms with E-state index in [4.69, 9.17) is 5.11 Å². The first-order chi connectivity index (χ1) is 8.77. The Morgan fingerprint density at radius 3 is 1.83 bits per heavy atom. The minimum Gasteiger partial charge on any atom is -0.481 e. The molecule has 0 amide bonds. The van der Waals surface area contributed by atoms with E-state index in [1.165, 1.54) is 25.7 Å². The van der Waals surface area contributed by atoms with Gasteiger partial charge in [0.05, 0.1) is 0 Å². The maximum absolute atomic E-state index is 10.3. The molecule has 0 fully saturated rings. The Balaban J connectivity index is 3.20. The van der Waals surface area contributed by atoms with Crippen molar-refractivity contribution in [2.75, 3.05) is 0 Å². The molecule has 0 heterocycles. The van der Waals surface area contributed by atoms with Gasteiger partial charge in [0.1, 0.15) is 0 Å². The molecule has 0 aromatic carbocycles. The normalized spacial score (nSPS) is 11.6. The second-order valence-electron chi connectivity index (χ2n) is 4.66. The lowest BCUT2D eigenvalue weighted by Gasteiger charge is -1.93. The summed E-state index contributed by atoms with van der Waals surface area (Å²) in [7, 11) is 0. The van der Waals surface area contributed by atoms with Gasteiger partial charge in [0.2, 0.25) is 0 Å². The molecule has 1 N–H and O–H groups in total. The molecule has 0 atom stereocenters. The zero-order valence-corrected chi connectivity index (χ0v) is 11.7. The van der Waals surface area contributed by atoms with E-state index in [2.05, 4.69) is 31.2 Å². The van der Waals surface area contributed by atoms with Crippen LogP contribution in [0.25, 0.3) is 0 Å². The number of carboxylic acid groups (broad SMARTS) is 1. The van der Waals surface area contributed by atoms with Crippen LogP contribution in [0.3, 0.4) is 0 Å². The zero-order valence-electron chi connectivity index (χ0n) is 11.7. The molecule has 18 heavy (non-hydrogen) atoms. The highest BCUT2D eigenvalue weighted by atomic mass is 16.4. The number of aliphatic carboxylic acids is 1. The van der Waals surface area contributed by atoms with Crippen molar-refractivity contribution in [3.63, 3.8) is 0 Å². The Labute approximate surface area is 112 Å². The molecule has 0 radical (unpaired) electrons. The van der Waals surface area contributed by atoms with E-state index in [9.17, 15) is 4.79 Å². The van der Waals surface area contributed by atoms with E-state index in [-0.39, 0.29) is 0 Å². The third-order valence-electron chi connectivity index (χ3n) is 2.82. The predicted octanol–water partition coefficient (Wildman–Crippen LogP) is 5.10. The molecule has 0 saturated heterocycles. The van der Waals surface area contributed by atoms with Gasteiger partial charge in [0.25, 0.3) is 0 Å². The number of carboxylic acids is 1. The van der Waals surface area contributed by atoms with Crippen LogP contribution in [0.1, 0.15) is 71.1 Å². The van der Waals surface area contributed by atoms with E-state index in [1.807, 2.05) is 0 Å². The lowest BCUT2D eigenvalue weighted by molar-refractivity contribution is -0.137. The van der Waals surface area contributed by atoms with E-state index >= 15 is 0 Å². The molecule has 0 aliphatic carbocycles. The Kier molecular flexibility index (Phi) is 13.2. The van der Waals surface area contributed by atoms with Gasteiger partial charge in [-0.3, -0.25) is 4.79 Å². The summed E-state index contributed by atoms with van der Waals surface area (Å²) >= 11 is 0. The number of hydrogen-bond acceptors (Lipinski definition) is 1. The van der Waals surface area contributed by atoms with Crippen LogP contribution in [0.2, 0.25) is 0 Å². The summed E-state index contributed by atoms with van der Waals surface area (Å²) in [5.74, 6) is -0.688. The number of unbranched alkanes of at least 4 members (excludes halogenated alkanes) is 6.